The van der Waals surface area contributed by atoms with Crippen LogP contribution in [-0.4, -0.2) is 6.10 Å². The fourth-order valence-electron chi connectivity index (χ4n) is 2.07. The molecule has 2 nitrogen and oxygen atoms in total. The molecule has 0 saturated heterocycles. The van der Waals surface area contributed by atoms with E-state index in [0.29, 0.717) is 0 Å². The normalized spacial score (nSPS) is 10.7. The predicted octanol–water partition coefficient (Wildman–Crippen LogP) is 4.70. The van der Waals surface area contributed by atoms with E-state index in [1.54, 1.807) is 0 Å². The van der Waals surface area contributed by atoms with E-state index >= 15 is 0 Å². The Hall–Kier alpha value is -1.96. The maximum Gasteiger partial charge on any atom is 0.124 e. The summed E-state index contributed by atoms with van der Waals surface area (Å²) in [5, 5.41) is 3.46. The highest BCUT2D eigenvalue weighted by Crippen LogP contribution is 2.21. The Morgan fingerprint density at radius 2 is 1.75 bits per heavy atom. The van der Waals surface area contributed by atoms with Crippen molar-refractivity contribution in [3.8, 4) is 5.75 Å². The molecule has 106 valence electrons. The molecule has 0 fully saturated rings. The van der Waals surface area contributed by atoms with Crippen LogP contribution in [0, 0.1) is 13.8 Å². The van der Waals surface area contributed by atoms with Crippen molar-refractivity contribution in [2.45, 2.75) is 40.3 Å². The highest BCUT2D eigenvalue weighted by molar-refractivity contribution is 5.49. The topological polar surface area (TPSA) is 21.3 Å². The summed E-state index contributed by atoms with van der Waals surface area (Å²) in [6.07, 6.45) is 0.192. The van der Waals surface area contributed by atoms with Gasteiger partial charge in [-0.2, -0.15) is 0 Å². The van der Waals surface area contributed by atoms with E-state index in [4.69, 9.17) is 4.74 Å². The zero-order chi connectivity index (χ0) is 14.5. The third-order valence-corrected chi connectivity index (χ3v) is 3.33. The third kappa shape index (κ3) is 3.77. The molecule has 0 heterocycles. The van der Waals surface area contributed by atoms with Crippen LogP contribution in [0.5, 0.6) is 5.75 Å². The van der Waals surface area contributed by atoms with Crippen LogP contribution in [0.15, 0.2) is 42.5 Å². The summed E-state index contributed by atoms with van der Waals surface area (Å²) in [5.41, 5.74) is 4.95. The van der Waals surface area contributed by atoms with Gasteiger partial charge in [0.25, 0.3) is 0 Å². The second-order valence-corrected chi connectivity index (χ2v) is 5.43. The van der Waals surface area contributed by atoms with Crippen LogP contribution >= 0.6 is 0 Å². The van der Waals surface area contributed by atoms with Crippen LogP contribution < -0.4 is 10.1 Å². The van der Waals surface area contributed by atoms with Crippen LogP contribution in [0.4, 0.5) is 5.69 Å². The summed E-state index contributed by atoms with van der Waals surface area (Å²) in [6, 6.07) is 14.6. The number of benzene rings is 2. The molecule has 0 aliphatic rings. The Balaban J connectivity index is 2.08. The first kappa shape index (κ1) is 14.4. The Morgan fingerprint density at radius 1 is 1.00 bits per heavy atom. The largest absolute Gasteiger partial charge is 0.491 e. The van der Waals surface area contributed by atoms with E-state index in [1.807, 2.05) is 32.0 Å². The second kappa shape index (κ2) is 6.47. The molecular formula is C18H23NO. The van der Waals surface area contributed by atoms with Gasteiger partial charge < -0.3 is 10.1 Å². The Bertz CT molecular complexity index is 575. The SMILES string of the molecule is Cc1ccc(NCc2ccccc2OC(C)C)cc1C. The van der Waals surface area contributed by atoms with Crippen molar-refractivity contribution < 1.29 is 4.74 Å². The van der Waals surface area contributed by atoms with Crippen LogP contribution in [-0.2, 0) is 6.54 Å². The minimum atomic E-state index is 0.192. The second-order valence-electron chi connectivity index (χ2n) is 5.43. The van der Waals surface area contributed by atoms with Gasteiger partial charge in [0, 0.05) is 17.8 Å². The average Bonchev–Trinajstić information content (AvgIpc) is 2.41. The number of rotatable bonds is 5. The molecular weight excluding hydrogens is 246 g/mol. The molecule has 20 heavy (non-hydrogen) atoms. The van der Waals surface area contributed by atoms with Gasteiger partial charge in [-0.15, -0.1) is 0 Å². The van der Waals surface area contributed by atoms with Crippen LogP contribution in [0.3, 0.4) is 0 Å². The minimum Gasteiger partial charge on any atom is -0.491 e. The standard InChI is InChI=1S/C18H23NO/c1-13(2)20-18-8-6-5-7-16(18)12-19-17-10-9-14(3)15(4)11-17/h5-11,13,19H,12H2,1-4H3. The van der Waals surface area contributed by atoms with E-state index in [1.165, 1.54) is 16.7 Å². The molecule has 2 rings (SSSR count). The van der Waals surface area contributed by atoms with Crippen molar-refractivity contribution in [2.75, 3.05) is 5.32 Å². The number of aryl methyl sites for hydroxylation is 2. The predicted molar refractivity (Wildman–Crippen MR) is 85.4 cm³/mol. The van der Waals surface area contributed by atoms with Gasteiger partial charge in [-0.25, -0.2) is 0 Å². The summed E-state index contributed by atoms with van der Waals surface area (Å²) in [6.45, 7) is 9.13. The molecule has 1 N–H and O–H groups in total. The number of hydrogen-bond donors (Lipinski definition) is 1. The molecule has 0 radical (unpaired) electrons. The van der Waals surface area contributed by atoms with E-state index in [9.17, 15) is 0 Å². The van der Waals surface area contributed by atoms with E-state index in [2.05, 4.69) is 43.4 Å². The van der Waals surface area contributed by atoms with Gasteiger partial charge in [0.05, 0.1) is 6.10 Å². The Kier molecular flexibility index (Phi) is 4.67. The molecule has 0 spiro atoms. The molecule has 2 aromatic rings. The summed E-state index contributed by atoms with van der Waals surface area (Å²) in [7, 11) is 0. The van der Waals surface area contributed by atoms with E-state index < -0.39 is 0 Å². The fourth-order valence-corrected chi connectivity index (χ4v) is 2.07. The Labute approximate surface area is 121 Å². The molecule has 2 heteroatoms. The van der Waals surface area contributed by atoms with Crippen molar-refractivity contribution in [1.82, 2.24) is 0 Å². The first-order valence-corrected chi connectivity index (χ1v) is 7.12. The lowest BCUT2D eigenvalue weighted by Crippen LogP contribution is -2.09. The van der Waals surface area contributed by atoms with E-state index in [-0.39, 0.29) is 6.10 Å². The molecule has 0 bridgehead atoms. The van der Waals surface area contributed by atoms with Crippen molar-refractivity contribution >= 4 is 5.69 Å². The van der Waals surface area contributed by atoms with Gasteiger partial charge in [-0.05, 0) is 57.0 Å². The molecule has 0 aliphatic carbocycles. The molecule has 0 unspecified atom stereocenters. The molecule has 0 saturated carbocycles. The lowest BCUT2D eigenvalue weighted by Gasteiger charge is -2.15. The number of para-hydroxylation sites is 1. The van der Waals surface area contributed by atoms with Gasteiger partial charge in [-0.1, -0.05) is 24.3 Å². The average molecular weight is 269 g/mol. The zero-order valence-corrected chi connectivity index (χ0v) is 12.7. The quantitative estimate of drug-likeness (QED) is 0.849. The molecule has 2 aromatic carbocycles. The van der Waals surface area contributed by atoms with Gasteiger partial charge in [-0.3, -0.25) is 0 Å². The van der Waals surface area contributed by atoms with Gasteiger partial charge >= 0.3 is 0 Å². The van der Waals surface area contributed by atoms with Gasteiger partial charge in [0.1, 0.15) is 5.75 Å². The highest BCUT2D eigenvalue weighted by atomic mass is 16.5. The smallest absolute Gasteiger partial charge is 0.124 e. The van der Waals surface area contributed by atoms with Crippen molar-refractivity contribution in [2.24, 2.45) is 0 Å². The first-order valence-electron chi connectivity index (χ1n) is 7.12. The van der Waals surface area contributed by atoms with Gasteiger partial charge in [0.2, 0.25) is 0 Å². The highest BCUT2D eigenvalue weighted by Gasteiger charge is 2.05. The maximum atomic E-state index is 5.84. The maximum absolute atomic E-state index is 5.84. The number of anilines is 1. The van der Waals surface area contributed by atoms with Crippen LogP contribution in [0.25, 0.3) is 0 Å². The first-order chi connectivity index (χ1) is 9.56. The summed E-state index contributed by atoms with van der Waals surface area (Å²) >= 11 is 0. The molecule has 0 amide bonds. The fraction of sp³-hybridized carbons (Fsp3) is 0.333. The van der Waals surface area contributed by atoms with Crippen LogP contribution in [0.2, 0.25) is 0 Å². The number of ether oxygens (including phenoxy) is 1. The zero-order valence-electron chi connectivity index (χ0n) is 12.7. The Morgan fingerprint density at radius 3 is 2.45 bits per heavy atom. The summed E-state index contributed by atoms with van der Waals surface area (Å²) < 4.78 is 5.84. The van der Waals surface area contributed by atoms with Crippen molar-refractivity contribution in [3.63, 3.8) is 0 Å². The monoisotopic (exact) mass is 269 g/mol. The third-order valence-electron chi connectivity index (χ3n) is 3.33. The lowest BCUT2D eigenvalue weighted by atomic mass is 10.1. The van der Waals surface area contributed by atoms with Crippen molar-refractivity contribution in [1.29, 1.82) is 0 Å². The summed E-state index contributed by atoms with van der Waals surface area (Å²) in [5.74, 6) is 0.957. The van der Waals surface area contributed by atoms with E-state index in [0.717, 1.165) is 18.0 Å². The molecule has 0 atom stereocenters. The number of nitrogens with one attached hydrogen (secondary N) is 1. The molecule has 0 aliphatic heterocycles. The molecule has 0 aromatic heterocycles. The summed E-state index contributed by atoms with van der Waals surface area (Å²) in [4.78, 5) is 0. The van der Waals surface area contributed by atoms with Crippen molar-refractivity contribution in [3.05, 3.63) is 59.2 Å². The number of hydrogen-bond acceptors (Lipinski definition) is 2. The van der Waals surface area contributed by atoms with Gasteiger partial charge in [0.15, 0.2) is 0 Å². The van der Waals surface area contributed by atoms with Crippen LogP contribution in [0.1, 0.15) is 30.5 Å². The minimum absolute atomic E-state index is 0.192. The lowest BCUT2D eigenvalue weighted by molar-refractivity contribution is 0.240.